The van der Waals surface area contributed by atoms with Gasteiger partial charge in [-0.2, -0.15) is 0 Å². The molecule has 1 aromatic carbocycles. The number of hydrogen-bond acceptors (Lipinski definition) is 2. The van der Waals surface area contributed by atoms with Gasteiger partial charge in [-0.15, -0.1) is 0 Å². The van der Waals surface area contributed by atoms with E-state index in [1.165, 1.54) is 0 Å². The molecule has 0 fully saturated rings. The number of unbranched alkanes of at least 4 members (excludes halogenated alkanes) is 2. The van der Waals surface area contributed by atoms with Crippen molar-refractivity contribution in [2.45, 2.75) is 39.2 Å². The molecule has 0 aliphatic rings. The van der Waals surface area contributed by atoms with Gasteiger partial charge in [0.1, 0.15) is 5.75 Å². The summed E-state index contributed by atoms with van der Waals surface area (Å²) >= 11 is 5.85. The minimum atomic E-state index is -0.509. The van der Waals surface area contributed by atoms with Crippen molar-refractivity contribution in [3.8, 4) is 5.75 Å². The Morgan fingerprint density at radius 3 is 2.89 bits per heavy atom. The SMILES string of the molecule is CCCCCNC(=O)[C@H](C)Oc1cccc(Cl)c1. The standard InChI is InChI=1S/C14H20ClNO2/c1-3-4-5-9-16-14(17)11(2)18-13-8-6-7-12(15)10-13/h6-8,10-11H,3-5,9H2,1-2H3,(H,16,17)/t11-/m0/s1. The normalized spacial score (nSPS) is 11.9. The van der Waals surface area contributed by atoms with Gasteiger partial charge in [-0.1, -0.05) is 37.4 Å². The number of benzene rings is 1. The lowest BCUT2D eigenvalue weighted by atomic mass is 10.2. The molecule has 1 aromatic rings. The molecule has 0 saturated carbocycles. The average Bonchev–Trinajstić information content (AvgIpc) is 2.34. The number of hydrogen-bond donors (Lipinski definition) is 1. The molecule has 0 saturated heterocycles. The quantitative estimate of drug-likeness (QED) is 0.771. The fraction of sp³-hybridized carbons (Fsp3) is 0.500. The summed E-state index contributed by atoms with van der Waals surface area (Å²) in [5.74, 6) is 0.518. The van der Waals surface area contributed by atoms with Crippen molar-refractivity contribution in [3.63, 3.8) is 0 Å². The summed E-state index contributed by atoms with van der Waals surface area (Å²) in [6.07, 6.45) is 2.77. The van der Waals surface area contributed by atoms with E-state index in [1.807, 2.05) is 0 Å². The predicted molar refractivity (Wildman–Crippen MR) is 74.1 cm³/mol. The van der Waals surface area contributed by atoms with E-state index in [1.54, 1.807) is 31.2 Å². The first-order chi connectivity index (χ1) is 8.63. The third-order valence-electron chi connectivity index (χ3n) is 2.56. The minimum Gasteiger partial charge on any atom is -0.481 e. The molecule has 0 aliphatic heterocycles. The molecule has 0 bridgehead atoms. The van der Waals surface area contributed by atoms with Crippen LogP contribution in [0.15, 0.2) is 24.3 Å². The fourth-order valence-corrected chi connectivity index (χ4v) is 1.71. The minimum absolute atomic E-state index is 0.0916. The highest BCUT2D eigenvalue weighted by atomic mass is 35.5. The van der Waals surface area contributed by atoms with Crippen LogP contribution in [0.25, 0.3) is 0 Å². The predicted octanol–water partition coefficient (Wildman–Crippen LogP) is 3.41. The largest absolute Gasteiger partial charge is 0.481 e. The monoisotopic (exact) mass is 269 g/mol. The van der Waals surface area contributed by atoms with Gasteiger partial charge in [0.2, 0.25) is 0 Å². The van der Waals surface area contributed by atoms with E-state index in [0.717, 1.165) is 19.3 Å². The zero-order valence-corrected chi connectivity index (χ0v) is 11.7. The van der Waals surface area contributed by atoms with E-state index in [0.29, 0.717) is 17.3 Å². The van der Waals surface area contributed by atoms with Crippen LogP contribution in [0.3, 0.4) is 0 Å². The number of rotatable bonds is 7. The molecule has 1 N–H and O–H groups in total. The van der Waals surface area contributed by atoms with Gasteiger partial charge in [0.15, 0.2) is 6.10 Å². The number of ether oxygens (including phenoxy) is 1. The highest BCUT2D eigenvalue weighted by Gasteiger charge is 2.13. The van der Waals surface area contributed by atoms with Crippen LogP contribution >= 0.6 is 11.6 Å². The van der Waals surface area contributed by atoms with E-state index < -0.39 is 6.10 Å². The number of amides is 1. The molecule has 0 heterocycles. The molecule has 1 amide bonds. The van der Waals surface area contributed by atoms with Crippen LogP contribution in [-0.2, 0) is 4.79 Å². The van der Waals surface area contributed by atoms with Crippen LogP contribution < -0.4 is 10.1 Å². The van der Waals surface area contributed by atoms with Crippen molar-refractivity contribution in [2.75, 3.05) is 6.54 Å². The highest BCUT2D eigenvalue weighted by Crippen LogP contribution is 2.18. The summed E-state index contributed by atoms with van der Waals surface area (Å²) in [4.78, 5) is 11.7. The van der Waals surface area contributed by atoms with Gasteiger partial charge in [-0.05, 0) is 31.5 Å². The van der Waals surface area contributed by atoms with Crippen molar-refractivity contribution in [2.24, 2.45) is 0 Å². The molecule has 0 aromatic heterocycles. The smallest absolute Gasteiger partial charge is 0.260 e. The highest BCUT2D eigenvalue weighted by molar-refractivity contribution is 6.30. The summed E-state index contributed by atoms with van der Waals surface area (Å²) in [7, 11) is 0. The number of nitrogens with one attached hydrogen (secondary N) is 1. The van der Waals surface area contributed by atoms with Crippen LogP contribution in [0.4, 0.5) is 0 Å². The van der Waals surface area contributed by atoms with E-state index in [2.05, 4.69) is 12.2 Å². The van der Waals surface area contributed by atoms with Gasteiger partial charge < -0.3 is 10.1 Å². The topological polar surface area (TPSA) is 38.3 Å². The summed E-state index contributed by atoms with van der Waals surface area (Å²) in [6.45, 7) is 4.57. The number of carbonyl (C=O) groups excluding carboxylic acids is 1. The first-order valence-electron chi connectivity index (χ1n) is 6.33. The zero-order chi connectivity index (χ0) is 13.4. The summed E-state index contributed by atoms with van der Waals surface area (Å²) in [5, 5.41) is 3.46. The summed E-state index contributed by atoms with van der Waals surface area (Å²) < 4.78 is 5.52. The molecule has 4 heteroatoms. The van der Waals surface area contributed by atoms with Crippen molar-refractivity contribution in [1.29, 1.82) is 0 Å². The van der Waals surface area contributed by atoms with Gasteiger partial charge in [0.05, 0.1) is 0 Å². The second-order valence-corrected chi connectivity index (χ2v) is 4.65. The lowest BCUT2D eigenvalue weighted by Gasteiger charge is -2.14. The molecule has 0 unspecified atom stereocenters. The Morgan fingerprint density at radius 1 is 1.44 bits per heavy atom. The molecule has 3 nitrogen and oxygen atoms in total. The third-order valence-corrected chi connectivity index (χ3v) is 2.79. The Labute approximate surface area is 113 Å². The molecule has 100 valence electrons. The lowest BCUT2D eigenvalue weighted by molar-refractivity contribution is -0.127. The summed E-state index contributed by atoms with van der Waals surface area (Å²) in [6, 6.07) is 7.04. The molecule has 0 spiro atoms. The number of halogens is 1. The van der Waals surface area contributed by atoms with Crippen LogP contribution in [0.5, 0.6) is 5.75 Å². The molecule has 1 rings (SSSR count). The molecule has 18 heavy (non-hydrogen) atoms. The molecular formula is C14H20ClNO2. The molecule has 1 atom stereocenters. The molecule has 0 aliphatic carbocycles. The van der Waals surface area contributed by atoms with E-state index in [9.17, 15) is 4.79 Å². The van der Waals surface area contributed by atoms with E-state index in [-0.39, 0.29) is 5.91 Å². The first-order valence-corrected chi connectivity index (χ1v) is 6.71. The van der Waals surface area contributed by atoms with Gasteiger partial charge in [-0.25, -0.2) is 0 Å². The van der Waals surface area contributed by atoms with Gasteiger partial charge in [0.25, 0.3) is 5.91 Å². The van der Waals surface area contributed by atoms with Crippen LogP contribution in [0.1, 0.15) is 33.1 Å². The second-order valence-electron chi connectivity index (χ2n) is 4.22. The average molecular weight is 270 g/mol. The Morgan fingerprint density at radius 2 is 2.22 bits per heavy atom. The van der Waals surface area contributed by atoms with Crippen molar-refractivity contribution in [3.05, 3.63) is 29.3 Å². The Balaban J connectivity index is 2.35. The van der Waals surface area contributed by atoms with E-state index in [4.69, 9.17) is 16.3 Å². The van der Waals surface area contributed by atoms with Crippen LogP contribution in [0, 0.1) is 0 Å². The maximum absolute atomic E-state index is 11.7. The van der Waals surface area contributed by atoms with E-state index >= 15 is 0 Å². The van der Waals surface area contributed by atoms with Crippen molar-refractivity contribution >= 4 is 17.5 Å². The lowest BCUT2D eigenvalue weighted by Crippen LogP contribution is -2.36. The van der Waals surface area contributed by atoms with Gasteiger partial charge >= 0.3 is 0 Å². The molecule has 0 radical (unpaired) electrons. The second kappa shape index (κ2) is 7.98. The van der Waals surface area contributed by atoms with Crippen molar-refractivity contribution < 1.29 is 9.53 Å². The summed E-state index contributed by atoms with van der Waals surface area (Å²) in [5.41, 5.74) is 0. The Kier molecular flexibility index (Phi) is 6.58. The van der Waals surface area contributed by atoms with Crippen LogP contribution in [-0.4, -0.2) is 18.6 Å². The Bertz CT molecular complexity index is 382. The number of carbonyl (C=O) groups is 1. The first kappa shape index (κ1) is 14.8. The third kappa shape index (κ3) is 5.41. The molecular weight excluding hydrogens is 250 g/mol. The fourth-order valence-electron chi connectivity index (χ4n) is 1.53. The van der Waals surface area contributed by atoms with Gasteiger partial charge in [-0.3, -0.25) is 4.79 Å². The maximum atomic E-state index is 11.7. The maximum Gasteiger partial charge on any atom is 0.260 e. The Hall–Kier alpha value is -1.22. The van der Waals surface area contributed by atoms with Crippen LogP contribution in [0.2, 0.25) is 5.02 Å². The van der Waals surface area contributed by atoms with Gasteiger partial charge in [0, 0.05) is 11.6 Å². The zero-order valence-electron chi connectivity index (χ0n) is 10.9. The van der Waals surface area contributed by atoms with Crippen molar-refractivity contribution in [1.82, 2.24) is 5.32 Å².